The summed E-state index contributed by atoms with van der Waals surface area (Å²) in [6.45, 7) is 3.48. The van der Waals surface area contributed by atoms with Gasteiger partial charge in [-0.2, -0.15) is 0 Å². The van der Waals surface area contributed by atoms with Crippen LogP contribution in [0.25, 0.3) is 11.3 Å². The third kappa shape index (κ3) is 3.32. The van der Waals surface area contributed by atoms with Crippen molar-refractivity contribution in [3.63, 3.8) is 0 Å². The molecule has 1 amide bonds. The molecule has 0 saturated carbocycles. The number of rotatable bonds is 3. The lowest BCUT2D eigenvalue weighted by Gasteiger charge is -2.32. The fourth-order valence-corrected chi connectivity index (χ4v) is 2.61. The Kier molecular flexibility index (Phi) is 4.47. The monoisotopic (exact) mass is 319 g/mol. The van der Waals surface area contributed by atoms with Crippen LogP contribution in [0.2, 0.25) is 5.02 Å². The van der Waals surface area contributed by atoms with Crippen LogP contribution in [0.5, 0.6) is 0 Å². The summed E-state index contributed by atoms with van der Waals surface area (Å²) in [6.07, 6.45) is 0. The first-order chi connectivity index (χ1) is 10.6. The van der Waals surface area contributed by atoms with E-state index in [0.717, 1.165) is 31.7 Å². The van der Waals surface area contributed by atoms with Gasteiger partial charge in [-0.05, 0) is 31.3 Å². The number of furan rings is 1. The van der Waals surface area contributed by atoms with Gasteiger partial charge < -0.3 is 9.32 Å². The highest BCUT2D eigenvalue weighted by Crippen LogP contribution is 2.28. The lowest BCUT2D eigenvalue weighted by atomic mass is 10.2. The van der Waals surface area contributed by atoms with Crippen molar-refractivity contribution >= 4 is 17.5 Å². The molecule has 0 bridgehead atoms. The smallest absolute Gasteiger partial charge is 0.301 e. The number of hydrogen-bond donors (Lipinski definition) is 1. The second-order valence-electron chi connectivity index (χ2n) is 5.37. The molecule has 1 N–H and O–H groups in total. The number of carbonyl (C=O) groups is 1. The van der Waals surface area contributed by atoms with E-state index < -0.39 is 0 Å². The molecule has 0 unspecified atom stereocenters. The molecule has 0 atom stereocenters. The number of amides is 1. The number of nitrogens with one attached hydrogen (secondary N) is 1. The van der Waals surface area contributed by atoms with Crippen molar-refractivity contribution in [1.29, 1.82) is 0 Å². The largest absolute Gasteiger partial charge is 0.451 e. The minimum Gasteiger partial charge on any atom is -0.451 e. The molecule has 22 heavy (non-hydrogen) atoms. The third-order valence-electron chi connectivity index (χ3n) is 3.73. The lowest BCUT2D eigenvalue weighted by molar-refractivity contribution is 0.0637. The molecule has 1 aromatic heterocycles. The first-order valence-electron chi connectivity index (χ1n) is 7.23. The predicted molar refractivity (Wildman–Crippen MR) is 85.7 cm³/mol. The quantitative estimate of drug-likeness (QED) is 0.944. The van der Waals surface area contributed by atoms with E-state index in [0.29, 0.717) is 10.8 Å². The molecule has 1 saturated heterocycles. The zero-order chi connectivity index (χ0) is 15.5. The van der Waals surface area contributed by atoms with E-state index in [1.165, 1.54) is 0 Å². The summed E-state index contributed by atoms with van der Waals surface area (Å²) in [5, 5.41) is 2.52. The summed E-state index contributed by atoms with van der Waals surface area (Å²) >= 11 is 6.14. The topological polar surface area (TPSA) is 48.7 Å². The van der Waals surface area contributed by atoms with Gasteiger partial charge in [0.2, 0.25) is 0 Å². The van der Waals surface area contributed by atoms with Crippen LogP contribution >= 0.6 is 11.6 Å². The zero-order valence-corrected chi connectivity index (χ0v) is 13.1. The number of halogens is 1. The van der Waals surface area contributed by atoms with Gasteiger partial charge in [0.05, 0.1) is 5.02 Å². The van der Waals surface area contributed by atoms with Gasteiger partial charge in [0.25, 0.3) is 0 Å². The highest BCUT2D eigenvalue weighted by molar-refractivity contribution is 6.33. The molecular formula is C16H18ClN3O2. The van der Waals surface area contributed by atoms with Crippen LogP contribution in [-0.2, 0) is 0 Å². The van der Waals surface area contributed by atoms with Gasteiger partial charge in [-0.3, -0.25) is 10.2 Å². The molecule has 0 aliphatic carbocycles. The second-order valence-corrected chi connectivity index (χ2v) is 5.78. The van der Waals surface area contributed by atoms with Crippen molar-refractivity contribution < 1.29 is 9.21 Å². The molecule has 0 spiro atoms. The molecule has 1 aromatic carbocycles. The van der Waals surface area contributed by atoms with Crippen LogP contribution in [-0.4, -0.2) is 49.0 Å². The molecule has 2 heterocycles. The van der Waals surface area contributed by atoms with E-state index in [2.05, 4.69) is 17.4 Å². The Bertz CT molecular complexity index is 663. The summed E-state index contributed by atoms with van der Waals surface area (Å²) in [5.74, 6) is 0.644. The van der Waals surface area contributed by atoms with Gasteiger partial charge >= 0.3 is 5.91 Å². The maximum atomic E-state index is 12.2. The minimum absolute atomic E-state index is 0.233. The maximum Gasteiger partial charge on any atom is 0.301 e. The summed E-state index contributed by atoms with van der Waals surface area (Å²) in [4.78, 5) is 14.5. The van der Waals surface area contributed by atoms with Gasteiger partial charge in [-0.1, -0.05) is 23.7 Å². The highest BCUT2D eigenvalue weighted by atomic mass is 35.5. The van der Waals surface area contributed by atoms with Crippen molar-refractivity contribution in [2.24, 2.45) is 0 Å². The lowest BCUT2D eigenvalue weighted by Crippen LogP contribution is -2.52. The van der Waals surface area contributed by atoms with Gasteiger partial charge in [-0.25, -0.2) is 5.01 Å². The number of carbonyl (C=O) groups excluding carboxylic acids is 1. The Hall–Kier alpha value is -1.82. The molecule has 1 aliphatic heterocycles. The number of piperazine rings is 1. The van der Waals surface area contributed by atoms with Crippen LogP contribution in [0.3, 0.4) is 0 Å². The summed E-state index contributed by atoms with van der Waals surface area (Å²) in [5.41, 5.74) is 3.66. The molecular weight excluding hydrogens is 302 g/mol. The number of hydrazine groups is 1. The van der Waals surface area contributed by atoms with Crippen molar-refractivity contribution in [1.82, 2.24) is 15.3 Å². The van der Waals surface area contributed by atoms with Crippen LogP contribution in [0.15, 0.2) is 40.8 Å². The van der Waals surface area contributed by atoms with E-state index >= 15 is 0 Å². The molecule has 0 radical (unpaired) electrons. The van der Waals surface area contributed by atoms with Crippen molar-refractivity contribution in [3.8, 4) is 11.3 Å². The van der Waals surface area contributed by atoms with Gasteiger partial charge in [0.1, 0.15) is 5.76 Å². The van der Waals surface area contributed by atoms with Crippen molar-refractivity contribution in [3.05, 3.63) is 47.2 Å². The average molecular weight is 320 g/mol. The van der Waals surface area contributed by atoms with E-state index in [4.69, 9.17) is 16.0 Å². The number of benzene rings is 1. The molecule has 5 nitrogen and oxygen atoms in total. The fraction of sp³-hybridized carbons (Fsp3) is 0.312. The SMILES string of the molecule is CN1CCN(NC(=O)c2ccc(-c3ccccc3Cl)o2)CC1. The Balaban J connectivity index is 1.68. The van der Waals surface area contributed by atoms with E-state index in [1.54, 1.807) is 18.2 Å². The first-order valence-corrected chi connectivity index (χ1v) is 7.60. The first kappa shape index (κ1) is 15.1. The zero-order valence-electron chi connectivity index (χ0n) is 12.4. The van der Waals surface area contributed by atoms with Crippen molar-refractivity contribution in [2.45, 2.75) is 0 Å². The maximum absolute atomic E-state index is 12.2. The van der Waals surface area contributed by atoms with E-state index in [-0.39, 0.29) is 11.7 Å². The van der Waals surface area contributed by atoms with Crippen LogP contribution < -0.4 is 5.43 Å². The average Bonchev–Trinajstić information content (AvgIpc) is 3.00. The van der Waals surface area contributed by atoms with Crippen molar-refractivity contribution in [2.75, 3.05) is 33.2 Å². The molecule has 3 rings (SSSR count). The molecule has 116 valence electrons. The van der Waals surface area contributed by atoms with Gasteiger partial charge in [-0.15, -0.1) is 0 Å². The molecule has 1 aliphatic rings. The summed E-state index contributed by atoms with van der Waals surface area (Å²) < 4.78 is 5.64. The Morgan fingerprint density at radius 3 is 2.59 bits per heavy atom. The number of nitrogens with zero attached hydrogens (tertiary/aromatic N) is 2. The van der Waals surface area contributed by atoms with Crippen LogP contribution in [0.4, 0.5) is 0 Å². The fourth-order valence-electron chi connectivity index (χ4n) is 2.38. The third-order valence-corrected chi connectivity index (χ3v) is 4.06. The van der Waals surface area contributed by atoms with Crippen LogP contribution in [0.1, 0.15) is 10.6 Å². The Morgan fingerprint density at radius 2 is 1.86 bits per heavy atom. The standard InChI is InChI=1S/C16H18ClN3O2/c1-19-8-10-20(11-9-19)18-16(21)15-7-6-14(22-15)12-4-2-3-5-13(12)17/h2-7H,8-11H2,1H3,(H,18,21). The summed E-state index contributed by atoms with van der Waals surface area (Å²) in [6, 6.07) is 10.8. The predicted octanol–water partition coefficient (Wildman–Crippen LogP) is 2.49. The molecule has 1 fully saturated rings. The number of likely N-dealkylation sites (N-methyl/N-ethyl adjacent to an activating group) is 1. The summed E-state index contributed by atoms with van der Waals surface area (Å²) in [7, 11) is 2.07. The van der Waals surface area contributed by atoms with E-state index in [9.17, 15) is 4.79 Å². The Morgan fingerprint density at radius 1 is 1.14 bits per heavy atom. The molecule has 2 aromatic rings. The minimum atomic E-state index is -0.233. The van der Waals surface area contributed by atoms with Crippen LogP contribution in [0, 0.1) is 0 Å². The highest BCUT2D eigenvalue weighted by Gasteiger charge is 2.19. The van der Waals surface area contributed by atoms with Gasteiger partial charge in [0, 0.05) is 31.7 Å². The normalized spacial score (nSPS) is 16.6. The van der Waals surface area contributed by atoms with Gasteiger partial charge in [0.15, 0.2) is 5.76 Å². The molecule has 6 heteroatoms. The number of hydrogen-bond acceptors (Lipinski definition) is 4. The van der Waals surface area contributed by atoms with E-state index in [1.807, 2.05) is 23.2 Å². The Labute approximate surface area is 134 Å². The second kappa shape index (κ2) is 6.52.